The highest BCUT2D eigenvalue weighted by Crippen LogP contribution is 2.37. The van der Waals surface area contributed by atoms with Gasteiger partial charge in [0.15, 0.2) is 0 Å². The van der Waals surface area contributed by atoms with E-state index in [9.17, 15) is 5.11 Å². The van der Waals surface area contributed by atoms with E-state index in [1.54, 1.807) is 0 Å². The van der Waals surface area contributed by atoms with Crippen LogP contribution in [-0.2, 0) is 12.0 Å². The minimum Gasteiger partial charge on any atom is -0.384 e. The van der Waals surface area contributed by atoms with Crippen molar-refractivity contribution in [2.45, 2.75) is 31.3 Å². The van der Waals surface area contributed by atoms with Crippen molar-refractivity contribution < 1.29 is 5.11 Å². The second-order valence-corrected chi connectivity index (χ2v) is 3.92. The van der Waals surface area contributed by atoms with E-state index in [1.807, 2.05) is 18.2 Å². The van der Waals surface area contributed by atoms with Crippen molar-refractivity contribution in [3.05, 3.63) is 35.4 Å². The smallest absolute Gasteiger partial charge is 0.101 e. The predicted molar refractivity (Wildman–Crippen MR) is 56.7 cm³/mol. The topological polar surface area (TPSA) is 20.2 Å². The molecule has 1 atom stereocenters. The Morgan fingerprint density at radius 1 is 1.43 bits per heavy atom. The predicted octanol–water partition coefficient (Wildman–Crippen LogP) is 2.23. The summed E-state index contributed by atoms with van der Waals surface area (Å²) in [6, 6.07) is 8.05. The van der Waals surface area contributed by atoms with Gasteiger partial charge in [-0.05, 0) is 30.4 Å². The molecule has 72 valence electrons. The number of terminal acetylenes is 1. The maximum Gasteiger partial charge on any atom is 0.101 e. The minimum atomic E-state index is -0.774. The molecule has 0 radical (unpaired) electrons. The molecule has 0 saturated heterocycles. The van der Waals surface area contributed by atoms with Gasteiger partial charge in [-0.3, -0.25) is 0 Å². The van der Waals surface area contributed by atoms with Crippen LogP contribution in [0.4, 0.5) is 0 Å². The number of hydrogen-bond acceptors (Lipinski definition) is 1. The molecule has 2 rings (SSSR count). The molecule has 1 unspecified atom stereocenters. The molecule has 1 aliphatic carbocycles. The Morgan fingerprint density at radius 3 is 3.00 bits per heavy atom. The number of fused-ring (bicyclic) bond motifs is 1. The molecule has 0 bridgehead atoms. The maximum absolute atomic E-state index is 10.4. The van der Waals surface area contributed by atoms with Gasteiger partial charge in [-0.2, -0.15) is 0 Å². The van der Waals surface area contributed by atoms with E-state index >= 15 is 0 Å². The summed E-state index contributed by atoms with van der Waals surface area (Å²) in [5.74, 6) is 2.57. The van der Waals surface area contributed by atoms with Gasteiger partial charge in [0.05, 0.1) is 0 Å². The Hall–Kier alpha value is -1.26. The molecular weight excluding hydrogens is 172 g/mol. The van der Waals surface area contributed by atoms with Crippen molar-refractivity contribution in [3.8, 4) is 12.3 Å². The lowest BCUT2D eigenvalue weighted by Crippen LogP contribution is -2.30. The van der Waals surface area contributed by atoms with Crippen LogP contribution in [0.1, 0.15) is 30.4 Å². The molecular formula is C13H14O. The third-order valence-electron chi connectivity index (χ3n) is 2.95. The lowest BCUT2D eigenvalue weighted by molar-refractivity contribution is 0.0240. The van der Waals surface area contributed by atoms with E-state index in [-0.39, 0.29) is 0 Å². The fourth-order valence-electron chi connectivity index (χ4n) is 2.25. The molecule has 0 aromatic heterocycles. The number of hydrogen-bond donors (Lipinski definition) is 1. The largest absolute Gasteiger partial charge is 0.384 e. The summed E-state index contributed by atoms with van der Waals surface area (Å²) in [5, 5.41) is 10.4. The molecule has 1 aliphatic rings. The van der Waals surface area contributed by atoms with Crippen molar-refractivity contribution in [3.63, 3.8) is 0 Å². The first-order valence-corrected chi connectivity index (χ1v) is 5.00. The molecule has 1 aromatic rings. The molecule has 0 heterocycles. The monoisotopic (exact) mass is 186 g/mol. The van der Waals surface area contributed by atoms with Gasteiger partial charge in [-0.1, -0.05) is 24.3 Å². The zero-order valence-electron chi connectivity index (χ0n) is 8.16. The Morgan fingerprint density at radius 2 is 2.21 bits per heavy atom. The zero-order chi connectivity index (χ0) is 10.0. The summed E-state index contributed by atoms with van der Waals surface area (Å²) in [7, 11) is 0. The lowest BCUT2D eigenvalue weighted by atomic mass is 9.77. The van der Waals surface area contributed by atoms with E-state index < -0.39 is 5.60 Å². The van der Waals surface area contributed by atoms with Gasteiger partial charge in [-0.15, -0.1) is 12.3 Å². The van der Waals surface area contributed by atoms with E-state index in [2.05, 4.69) is 12.0 Å². The highest BCUT2D eigenvalue weighted by Gasteiger charge is 2.32. The molecule has 1 nitrogen and oxygen atoms in total. The normalized spacial score (nSPS) is 25.1. The molecule has 0 fully saturated rings. The molecule has 0 aliphatic heterocycles. The SMILES string of the molecule is C#CCC1(O)CCCc2ccccc21. The van der Waals surface area contributed by atoms with E-state index in [4.69, 9.17) is 6.42 Å². The second kappa shape index (κ2) is 3.48. The van der Waals surface area contributed by atoms with Crippen molar-refractivity contribution in [2.75, 3.05) is 0 Å². The molecule has 0 spiro atoms. The fraction of sp³-hybridized carbons (Fsp3) is 0.385. The van der Waals surface area contributed by atoms with Gasteiger partial charge < -0.3 is 5.11 Å². The Labute approximate surface area is 84.8 Å². The van der Waals surface area contributed by atoms with Gasteiger partial charge in [0.25, 0.3) is 0 Å². The van der Waals surface area contributed by atoms with Crippen molar-refractivity contribution in [1.29, 1.82) is 0 Å². The van der Waals surface area contributed by atoms with Gasteiger partial charge in [0, 0.05) is 6.42 Å². The zero-order valence-corrected chi connectivity index (χ0v) is 8.16. The number of rotatable bonds is 1. The van der Waals surface area contributed by atoms with Crippen LogP contribution in [0, 0.1) is 12.3 Å². The highest BCUT2D eigenvalue weighted by molar-refractivity contribution is 5.35. The maximum atomic E-state index is 10.4. The highest BCUT2D eigenvalue weighted by atomic mass is 16.3. The lowest BCUT2D eigenvalue weighted by Gasteiger charge is -2.33. The first-order valence-electron chi connectivity index (χ1n) is 5.00. The van der Waals surface area contributed by atoms with Crippen LogP contribution in [-0.4, -0.2) is 5.11 Å². The first-order chi connectivity index (χ1) is 6.76. The molecule has 1 aromatic carbocycles. The van der Waals surface area contributed by atoms with E-state index in [1.165, 1.54) is 5.56 Å². The molecule has 1 heteroatoms. The van der Waals surface area contributed by atoms with Crippen LogP contribution in [0.3, 0.4) is 0 Å². The summed E-state index contributed by atoms with van der Waals surface area (Å²) < 4.78 is 0. The summed E-state index contributed by atoms with van der Waals surface area (Å²) in [6.45, 7) is 0. The fourth-order valence-corrected chi connectivity index (χ4v) is 2.25. The van der Waals surface area contributed by atoms with E-state index in [0.29, 0.717) is 6.42 Å². The van der Waals surface area contributed by atoms with Crippen LogP contribution in [0.2, 0.25) is 0 Å². The quantitative estimate of drug-likeness (QED) is 0.667. The summed E-state index contributed by atoms with van der Waals surface area (Å²) in [5.41, 5.74) is 1.50. The van der Waals surface area contributed by atoms with Gasteiger partial charge in [0.1, 0.15) is 5.60 Å². The number of aliphatic hydroxyl groups is 1. The Balaban J connectivity index is 2.45. The Kier molecular flexibility index (Phi) is 2.31. The Bertz CT molecular complexity index is 375. The van der Waals surface area contributed by atoms with Crippen molar-refractivity contribution in [1.82, 2.24) is 0 Å². The number of benzene rings is 1. The average molecular weight is 186 g/mol. The molecule has 0 amide bonds. The van der Waals surface area contributed by atoms with Gasteiger partial charge in [-0.25, -0.2) is 0 Å². The van der Waals surface area contributed by atoms with Gasteiger partial charge >= 0.3 is 0 Å². The van der Waals surface area contributed by atoms with Crippen LogP contribution in [0.25, 0.3) is 0 Å². The summed E-state index contributed by atoms with van der Waals surface area (Å²) in [4.78, 5) is 0. The minimum absolute atomic E-state index is 0.421. The van der Waals surface area contributed by atoms with Crippen molar-refractivity contribution in [2.24, 2.45) is 0 Å². The van der Waals surface area contributed by atoms with Crippen LogP contribution in [0.15, 0.2) is 24.3 Å². The summed E-state index contributed by atoms with van der Waals surface area (Å²) in [6.07, 6.45) is 8.58. The van der Waals surface area contributed by atoms with Gasteiger partial charge in [0.2, 0.25) is 0 Å². The van der Waals surface area contributed by atoms with Crippen LogP contribution >= 0.6 is 0 Å². The van der Waals surface area contributed by atoms with E-state index in [0.717, 1.165) is 24.8 Å². The van der Waals surface area contributed by atoms with Crippen LogP contribution < -0.4 is 0 Å². The number of aryl methyl sites for hydroxylation is 1. The van der Waals surface area contributed by atoms with Crippen LogP contribution in [0.5, 0.6) is 0 Å². The molecule has 14 heavy (non-hydrogen) atoms. The third-order valence-corrected chi connectivity index (χ3v) is 2.95. The molecule has 0 saturated carbocycles. The average Bonchev–Trinajstić information content (AvgIpc) is 2.19. The summed E-state index contributed by atoms with van der Waals surface area (Å²) >= 11 is 0. The first kappa shape index (κ1) is 9.30. The molecule has 1 N–H and O–H groups in total. The van der Waals surface area contributed by atoms with Crippen molar-refractivity contribution >= 4 is 0 Å². The second-order valence-electron chi connectivity index (χ2n) is 3.92. The third kappa shape index (κ3) is 1.42. The standard InChI is InChI=1S/C13H14O/c1-2-9-13(14)10-5-7-11-6-3-4-8-12(11)13/h1,3-4,6,8,14H,5,7,9-10H2.